The van der Waals surface area contributed by atoms with E-state index in [-0.39, 0.29) is 49.9 Å². The fraction of sp³-hybridized carbons (Fsp3) is 0.465. The van der Waals surface area contributed by atoms with Crippen LogP contribution in [0.25, 0.3) is 0 Å². The first-order valence-electron chi connectivity index (χ1n) is 20.1. The molecule has 4 amide bonds. The van der Waals surface area contributed by atoms with E-state index in [1.165, 1.54) is 23.8 Å². The molecule has 3 aromatic rings. The van der Waals surface area contributed by atoms with Crippen molar-refractivity contribution in [3.05, 3.63) is 94.2 Å². The Morgan fingerprint density at radius 3 is 1.90 bits per heavy atom. The summed E-state index contributed by atoms with van der Waals surface area (Å²) >= 11 is 3.20. The largest absolute Gasteiger partial charge is 0.480 e. The van der Waals surface area contributed by atoms with E-state index in [0.717, 1.165) is 20.9 Å². The average molecular weight is 919 g/mol. The maximum absolute atomic E-state index is 13.2. The Morgan fingerprint density at radius 1 is 0.823 bits per heavy atom. The van der Waals surface area contributed by atoms with Gasteiger partial charge in [-0.1, -0.05) is 66.7 Å². The van der Waals surface area contributed by atoms with Gasteiger partial charge in [0.15, 0.2) is 6.04 Å². The Balaban J connectivity index is 0.000000327. The van der Waals surface area contributed by atoms with Crippen LogP contribution in [0.2, 0.25) is 0 Å². The van der Waals surface area contributed by atoms with Crippen LogP contribution in [-0.4, -0.2) is 142 Å². The zero-order valence-corrected chi connectivity index (χ0v) is 37.6. The summed E-state index contributed by atoms with van der Waals surface area (Å²) < 4.78 is 10.3. The van der Waals surface area contributed by atoms with Gasteiger partial charge in [0.25, 0.3) is 0 Å². The van der Waals surface area contributed by atoms with Crippen LogP contribution in [-0.2, 0) is 51.1 Å². The van der Waals surface area contributed by atoms with Crippen molar-refractivity contribution in [2.24, 2.45) is 0 Å². The molecule has 6 atom stereocenters. The topological polar surface area (TPSA) is 212 Å². The highest BCUT2D eigenvalue weighted by Gasteiger charge is 2.45. The van der Waals surface area contributed by atoms with Crippen molar-refractivity contribution in [2.75, 3.05) is 45.6 Å². The van der Waals surface area contributed by atoms with Crippen molar-refractivity contribution in [3.8, 4) is 0 Å². The Kier molecular flexibility index (Phi) is 21.4. The Morgan fingerprint density at radius 2 is 1.39 bits per heavy atom. The lowest BCUT2D eigenvalue weighted by molar-refractivity contribution is -0.149. The number of aryl methyl sites for hydroxylation is 2. The number of ether oxygens (including phenoxy) is 2. The highest BCUT2D eigenvalue weighted by atomic mass is 35.5. The minimum atomic E-state index is -1.26. The molecule has 3 heterocycles. The van der Waals surface area contributed by atoms with E-state index < -0.39 is 66.0 Å². The number of amides is 4. The first kappa shape index (κ1) is 51.3. The summed E-state index contributed by atoms with van der Waals surface area (Å²) in [6.07, 6.45) is 2.10. The highest BCUT2D eigenvalue weighted by Crippen LogP contribution is 2.35. The van der Waals surface area contributed by atoms with E-state index in [9.17, 15) is 43.8 Å². The molecular formula is C43H56ClN5O11S2. The maximum atomic E-state index is 13.2. The van der Waals surface area contributed by atoms with Crippen LogP contribution < -0.4 is 10.6 Å². The second-order valence-electron chi connectivity index (χ2n) is 14.4. The van der Waals surface area contributed by atoms with E-state index in [0.29, 0.717) is 38.0 Å². The van der Waals surface area contributed by atoms with E-state index >= 15 is 0 Å². The Labute approximate surface area is 376 Å². The summed E-state index contributed by atoms with van der Waals surface area (Å²) in [6, 6.07) is 18.4. The number of carbonyl (C=O) groups is 7. The monoisotopic (exact) mass is 917 g/mol. The van der Waals surface area contributed by atoms with Crippen molar-refractivity contribution >= 4 is 77.2 Å². The fourth-order valence-corrected chi connectivity index (χ4v) is 9.11. The van der Waals surface area contributed by atoms with Crippen molar-refractivity contribution in [3.63, 3.8) is 0 Å². The molecule has 62 heavy (non-hydrogen) atoms. The number of esters is 2. The fourth-order valence-electron chi connectivity index (χ4n) is 6.85. The van der Waals surface area contributed by atoms with Gasteiger partial charge in [0, 0.05) is 24.2 Å². The van der Waals surface area contributed by atoms with Crippen molar-refractivity contribution < 1.29 is 53.2 Å². The second kappa shape index (κ2) is 25.8. The van der Waals surface area contributed by atoms with Crippen molar-refractivity contribution in [2.45, 2.75) is 81.9 Å². The van der Waals surface area contributed by atoms with E-state index in [1.54, 1.807) is 36.9 Å². The van der Waals surface area contributed by atoms with Crippen LogP contribution in [0.1, 0.15) is 54.9 Å². The lowest BCUT2D eigenvalue weighted by atomic mass is 10.0. The molecule has 0 radical (unpaired) electrons. The number of rotatable bonds is 19. The molecule has 2 saturated heterocycles. The lowest BCUT2D eigenvalue weighted by Gasteiger charge is -2.26. The number of carboxylic acids is 2. The maximum Gasteiger partial charge on any atom is 0.328 e. The minimum Gasteiger partial charge on any atom is -0.480 e. The van der Waals surface area contributed by atoms with Gasteiger partial charge in [-0.25, -0.2) is 14.5 Å². The summed E-state index contributed by atoms with van der Waals surface area (Å²) in [5.41, 5.74) is 2.13. The van der Waals surface area contributed by atoms with Crippen LogP contribution in [0.3, 0.4) is 0 Å². The van der Waals surface area contributed by atoms with E-state index in [1.807, 2.05) is 78.2 Å². The van der Waals surface area contributed by atoms with Gasteiger partial charge in [0.2, 0.25) is 11.8 Å². The summed E-state index contributed by atoms with van der Waals surface area (Å²) in [4.78, 5) is 90.5. The molecule has 2 aromatic carbocycles. The second-order valence-corrected chi connectivity index (χ2v) is 16.7. The van der Waals surface area contributed by atoms with Gasteiger partial charge < -0.3 is 29.5 Å². The normalized spacial score (nSPS) is 18.9. The molecule has 19 heteroatoms. The third kappa shape index (κ3) is 15.1. The molecule has 0 bridgehead atoms. The van der Waals surface area contributed by atoms with E-state index in [2.05, 4.69) is 10.6 Å². The number of nitrogens with zero attached hydrogens (tertiary/aromatic N) is 3. The zero-order valence-electron chi connectivity index (χ0n) is 35.2. The quantitative estimate of drug-likeness (QED) is 0.124. The molecule has 0 saturated carbocycles. The number of aliphatic carboxylic acids is 2. The van der Waals surface area contributed by atoms with Gasteiger partial charge in [-0.15, -0.1) is 35.5 Å². The van der Waals surface area contributed by atoms with Gasteiger partial charge in [-0.2, -0.15) is 0 Å². The molecule has 4 N–H and O–H groups in total. The number of imide groups is 1. The number of thiophene rings is 1. The smallest absolute Gasteiger partial charge is 0.328 e. The van der Waals surface area contributed by atoms with Crippen molar-refractivity contribution in [1.82, 2.24) is 25.3 Å². The van der Waals surface area contributed by atoms with Crippen LogP contribution in [0.15, 0.2) is 78.2 Å². The third-order valence-electron chi connectivity index (χ3n) is 9.96. The summed E-state index contributed by atoms with van der Waals surface area (Å²) in [7, 11) is 1.44. The summed E-state index contributed by atoms with van der Waals surface area (Å²) in [5, 5.41) is 26.7. The summed E-state index contributed by atoms with van der Waals surface area (Å²) in [6.45, 7) is 5.26. The average Bonchev–Trinajstić information content (AvgIpc) is 3.86. The number of hydrogen-bond donors (Lipinski definition) is 4. The molecule has 338 valence electrons. The SMILES string of the molecule is CCOC(=O)[C@H](CCc1ccccc1)N[C@@H](C)C(=O)N1C(=O)N(C)C[C@H]1C(=O)O.CCOC(=O)[C@H](CCc1ccccc1)N[C@H]1CS[C@H](c2cccs2)CN(CC(=O)O)C1=O.Cl. The minimum absolute atomic E-state index is 0. The number of hydrogen-bond acceptors (Lipinski definition) is 13. The molecule has 2 aliphatic heterocycles. The number of urea groups is 1. The molecule has 0 aliphatic carbocycles. The van der Waals surface area contributed by atoms with Crippen LogP contribution >= 0.6 is 35.5 Å². The first-order chi connectivity index (χ1) is 29.2. The first-order valence-corrected chi connectivity index (χ1v) is 22.1. The number of carbonyl (C=O) groups excluding carboxylic acids is 5. The lowest BCUT2D eigenvalue weighted by Crippen LogP contribution is -2.54. The number of nitrogens with one attached hydrogen (secondary N) is 2. The Hall–Kier alpha value is -5.01. The highest BCUT2D eigenvalue weighted by molar-refractivity contribution is 7.99. The number of thioether (sulfide) groups is 1. The van der Waals surface area contributed by atoms with Crippen molar-refractivity contribution in [1.29, 1.82) is 0 Å². The molecule has 0 unspecified atom stereocenters. The number of likely N-dealkylation sites (N-methyl/N-ethyl adjacent to an activating group) is 1. The Bertz CT molecular complexity index is 1930. The molecule has 1 aromatic heterocycles. The molecule has 0 spiro atoms. The predicted octanol–water partition coefficient (Wildman–Crippen LogP) is 4.27. The van der Waals surface area contributed by atoms with Gasteiger partial charge in [-0.3, -0.25) is 34.6 Å². The zero-order chi connectivity index (χ0) is 44.5. The molecule has 16 nitrogen and oxygen atoms in total. The van der Waals surface area contributed by atoms with Gasteiger partial charge in [-0.05, 0) is 69.0 Å². The van der Waals surface area contributed by atoms with Crippen LogP contribution in [0.5, 0.6) is 0 Å². The number of carboxylic acid groups (broad SMARTS) is 2. The molecule has 2 fully saturated rings. The van der Waals surface area contributed by atoms with Gasteiger partial charge in [0.05, 0.1) is 37.1 Å². The van der Waals surface area contributed by atoms with Gasteiger partial charge in [0.1, 0.15) is 18.6 Å². The van der Waals surface area contributed by atoms with Gasteiger partial charge >= 0.3 is 29.9 Å². The summed E-state index contributed by atoms with van der Waals surface area (Å²) in [5.74, 6) is -3.76. The number of benzene rings is 2. The standard InChI is InChI=1S/C23H28N2O5S2.C20H27N3O6.ClH/c1-2-30-23(29)17(11-10-16-7-4-3-5-8-16)24-18-15-32-20(19-9-6-12-31-19)13-25(22(18)28)14-21(26)27;1-4-29-19(27)15(11-10-14-8-6-5-7-9-14)21-13(2)17(24)23-16(18(25)26)12-22(3)20(23)28;/h3-9,12,17-18,20,24H,2,10-11,13-15H2,1H3,(H,26,27);5-9,13,15-16,21H,4,10-12H2,1-3H3,(H,25,26);1H/t17-,18-,20-;13-,15-,16-;/m00./s1. The third-order valence-corrected chi connectivity index (χ3v) is 12.4. The van der Waals surface area contributed by atoms with Crippen LogP contribution in [0.4, 0.5) is 4.79 Å². The molecular weight excluding hydrogens is 862 g/mol. The number of halogens is 1. The molecule has 5 rings (SSSR count). The predicted molar refractivity (Wildman–Crippen MR) is 237 cm³/mol. The van der Waals surface area contributed by atoms with E-state index in [4.69, 9.17) is 9.47 Å². The van der Waals surface area contributed by atoms with Crippen LogP contribution in [0, 0.1) is 0 Å². The molecule has 2 aliphatic rings.